The van der Waals surface area contributed by atoms with Gasteiger partial charge in [-0.2, -0.15) is 4.57 Å². The van der Waals surface area contributed by atoms with E-state index in [4.69, 9.17) is 14.5 Å². The third-order valence-electron chi connectivity index (χ3n) is 6.30. The molecule has 0 amide bonds. The summed E-state index contributed by atoms with van der Waals surface area (Å²) in [5, 5.41) is 0. The van der Waals surface area contributed by atoms with Crippen LogP contribution in [0, 0.1) is 0 Å². The fourth-order valence-corrected chi connectivity index (χ4v) is 4.57. The molecular formula is C30H24N3O2+. The molecule has 0 aliphatic carbocycles. The van der Waals surface area contributed by atoms with Crippen molar-refractivity contribution in [3.8, 4) is 22.8 Å². The van der Waals surface area contributed by atoms with Gasteiger partial charge in [0.2, 0.25) is 11.4 Å². The number of allylic oxidation sites excluding steroid dienone is 1. The molecule has 3 aromatic heterocycles. The zero-order valence-electron chi connectivity index (χ0n) is 19.6. The fraction of sp³-hybridized carbons (Fsp3) is 0.0667. The topological polar surface area (TPSA) is 39.1 Å². The molecule has 1 aliphatic heterocycles. The summed E-state index contributed by atoms with van der Waals surface area (Å²) in [6.45, 7) is 0. The zero-order chi connectivity index (χ0) is 23.8. The molecule has 0 saturated carbocycles. The summed E-state index contributed by atoms with van der Waals surface area (Å²) in [4.78, 5) is 5.17. The summed E-state index contributed by atoms with van der Waals surface area (Å²) < 4.78 is 15.1. The molecule has 6 rings (SSSR count). The molecule has 0 radical (unpaired) electrons. The molecule has 0 fully saturated rings. The minimum Gasteiger partial charge on any atom is -0.497 e. The number of hydrogen-bond donors (Lipinski definition) is 0. The van der Waals surface area contributed by atoms with Crippen LogP contribution in [0.1, 0.15) is 11.3 Å². The Morgan fingerprint density at radius 1 is 0.743 bits per heavy atom. The lowest BCUT2D eigenvalue weighted by Gasteiger charge is -2.05. The van der Waals surface area contributed by atoms with E-state index in [0.717, 1.165) is 56.6 Å². The maximum absolute atomic E-state index is 5.46. The Kier molecular flexibility index (Phi) is 5.15. The molecule has 4 heterocycles. The van der Waals surface area contributed by atoms with Crippen LogP contribution in [0.4, 0.5) is 5.69 Å². The van der Waals surface area contributed by atoms with Crippen LogP contribution < -0.4 is 14.0 Å². The quantitative estimate of drug-likeness (QED) is 0.306. The number of aliphatic imine (C=N–C) groups is 1. The summed E-state index contributed by atoms with van der Waals surface area (Å²) in [6.07, 6.45) is 6.30. The van der Waals surface area contributed by atoms with Gasteiger partial charge < -0.3 is 13.9 Å². The molecule has 5 aromatic rings. The standard InChI is InChI=1S/C30H24N3O2/c1-34-23-14-12-21(13-15-23)29-19-25(27-10-3-5-16-32(27)29)31-26-20-30(33-17-6-4-11-28(26)33)22-8-7-9-24(18-22)35-2/h3-20H,1-2H3/q+1. The molecule has 35 heavy (non-hydrogen) atoms. The van der Waals surface area contributed by atoms with Gasteiger partial charge in [-0.05, 0) is 60.7 Å². The number of hydrogen-bond acceptors (Lipinski definition) is 3. The average molecular weight is 459 g/mol. The lowest BCUT2D eigenvalue weighted by Crippen LogP contribution is -2.34. The van der Waals surface area contributed by atoms with Gasteiger partial charge in [0.1, 0.15) is 17.2 Å². The van der Waals surface area contributed by atoms with Gasteiger partial charge in [-0.1, -0.05) is 18.2 Å². The highest BCUT2D eigenvalue weighted by atomic mass is 16.5. The first-order valence-electron chi connectivity index (χ1n) is 11.5. The van der Waals surface area contributed by atoms with E-state index in [1.165, 1.54) is 0 Å². The van der Waals surface area contributed by atoms with Crippen molar-refractivity contribution in [3.05, 3.63) is 121 Å². The predicted octanol–water partition coefficient (Wildman–Crippen LogP) is 5.93. The van der Waals surface area contributed by atoms with Crippen molar-refractivity contribution in [1.29, 1.82) is 0 Å². The van der Waals surface area contributed by atoms with Crippen LogP contribution in [0.2, 0.25) is 0 Å². The predicted molar refractivity (Wildman–Crippen MR) is 139 cm³/mol. The summed E-state index contributed by atoms with van der Waals surface area (Å²) in [5.74, 6) is 1.67. The Morgan fingerprint density at radius 2 is 1.57 bits per heavy atom. The van der Waals surface area contributed by atoms with E-state index >= 15 is 0 Å². The van der Waals surface area contributed by atoms with Gasteiger partial charge in [0.25, 0.3) is 0 Å². The first-order chi connectivity index (χ1) is 17.2. The van der Waals surface area contributed by atoms with Crippen molar-refractivity contribution in [3.63, 3.8) is 0 Å². The smallest absolute Gasteiger partial charge is 0.237 e. The minimum atomic E-state index is 0.828. The second-order valence-electron chi connectivity index (χ2n) is 8.31. The number of benzene rings is 2. The highest BCUT2D eigenvalue weighted by Crippen LogP contribution is 2.34. The average Bonchev–Trinajstić information content (AvgIpc) is 3.48. The number of pyridine rings is 2. The van der Waals surface area contributed by atoms with Crippen molar-refractivity contribution in [2.24, 2.45) is 4.99 Å². The van der Waals surface area contributed by atoms with Crippen molar-refractivity contribution in [1.82, 2.24) is 4.40 Å². The molecule has 0 saturated heterocycles. The van der Waals surface area contributed by atoms with E-state index in [-0.39, 0.29) is 0 Å². The maximum atomic E-state index is 5.46. The summed E-state index contributed by atoms with van der Waals surface area (Å²) >= 11 is 0. The number of nitrogens with zero attached hydrogens (tertiary/aromatic N) is 3. The zero-order valence-corrected chi connectivity index (χ0v) is 19.6. The molecular weight excluding hydrogens is 434 g/mol. The highest BCUT2D eigenvalue weighted by molar-refractivity contribution is 6.13. The van der Waals surface area contributed by atoms with Gasteiger partial charge in [-0.25, -0.2) is 4.99 Å². The molecule has 0 bridgehead atoms. The van der Waals surface area contributed by atoms with Crippen LogP contribution in [-0.4, -0.2) is 24.3 Å². The van der Waals surface area contributed by atoms with Crippen LogP contribution in [0.5, 0.6) is 11.5 Å². The first-order valence-corrected chi connectivity index (χ1v) is 11.5. The summed E-state index contributed by atoms with van der Waals surface area (Å²) in [5.41, 5.74) is 8.27. The van der Waals surface area contributed by atoms with Crippen LogP contribution >= 0.6 is 0 Å². The number of aromatic nitrogens is 2. The lowest BCUT2D eigenvalue weighted by atomic mass is 10.1. The Bertz CT molecular complexity index is 1610. The van der Waals surface area contributed by atoms with Crippen molar-refractivity contribution < 1.29 is 14.0 Å². The third kappa shape index (κ3) is 3.67. The van der Waals surface area contributed by atoms with Gasteiger partial charge in [0.15, 0.2) is 6.20 Å². The highest BCUT2D eigenvalue weighted by Gasteiger charge is 2.29. The number of methoxy groups -OCH3 is 2. The molecule has 0 spiro atoms. The van der Waals surface area contributed by atoms with E-state index in [2.05, 4.69) is 63.8 Å². The molecule has 0 atom stereocenters. The SMILES string of the molecule is COc1ccc(C2=C/C(=N\c3cc(-c4cccc(OC)c4)n4ccccc34)c3cccc[n+]32)cc1. The Labute approximate surface area is 203 Å². The molecule has 0 N–H and O–H groups in total. The number of fused-ring (bicyclic) bond motifs is 2. The van der Waals surface area contributed by atoms with E-state index in [0.29, 0.717) is 0 Å². The Balaban J connectivity index is 1.50. The normalized spacial score (nSPS) is 13.7. The minimum absolute atomic E-state index is 0.828. The largest absolute Gasteiger partial charge is 0.497 e. The molecule has 5 nitrogen and oxygen atoms in total. The maximum Gasteiger partial charge on any atom is 0.237 e. The Hall–Kier alpha value is -4.64. The van der Waals surface area contributed by atoms with Crippen LogP contribution in [0.25, 0.3) is 22.5 Å². The van der Waals surface area contributed by atoms with Crippen LogP contribution in [-0.2, 0) is 0 Å². The second kappa shape index (κ2) is 8.61. The van der Waals surface area contributed by atoms with E-state index in [9.17, 15) is 0 Å². The number of ether oxygens (including phenoxy) is 2. The third-order valence-corrected chi connectivity index (χ3v) is 6.30. The first kappa shape index (κ1) is 20.9. The molecule has 0 unspecified atom stereocenters. The molecule has 5 heteroatoms. The van der Waals surface area contributed by atoms with Crippen molar-refractivity contribution in [2.75, 3.05) is 14.2 Å². The van der Waals surface area contributed by atoms with Gasteiger partial charge in [0, 0.05) is 35.5 Å². The number of rotatable bonds is 5. The monoisotopic (exact) mass is 458 g/mol. The van der Waals surface area contributed by atoms with Crippen LogP contribution in [0.3, 0.4) is 0 Å². The van der Waals surface area contributed by atoms with E-state index in [1.807, 2.05) is 54.6 Å². The lowest BCUT2D eigenvalue weighted by molar-refractivity contribution is -0.577. The molecule has 1 aliphatic rings. The van der Waals surface area contributed by atoms with Crippen molar-refractivity contribution in [2.45, 2.75) is 0 Å². The van der Waals surface area contributed by atoms with Gasteiger partial charge in [-0.15, -0.1) is 0 Å². The van der Waals surface area contributed by atoms with Gasteiger partial charge in [-0.3, -0.25) is 0 Å². The fourth-order valence-electron chi connectivity index (χ4n) is 4.57. The van der Waals surface area contributed by atoms with E-state index < -0.39 is 0 Å². The van der Waals surface area contributed by atoms with Crippen molar-refractivity contribution >= 4 is 22.6 Å². The van der Waals surface area contributed by atoms with Crippen LogP contribution in [0.15, 0.2) is 114 Å². The van der Waals surface area contributed by atoms with Gasteiger partial charge >= 0.3 is 0 Å². The summed E-state index contributed by atoms with van der Waals surface area (Å²) in [7, 11) is 3.37. The molecule has 2 aromatic carbocycles. The van der Waals surface area contributed by atoms with E-state index in [1.54, 1.807) is 14.2 Å². The second-order valence-corrected chi connectivity index (χ2v) is 8.31. The van der Waals surface area contributed by atoms with Gasteiger partial charge in [0.05, 0.1) is 31.1 Å². The molecule has 170 valence electrons. The summed E-state index contributed by atoms with van der Waals surface area (Å²) in [6, 6.07) is 30.7. The Morgan fingerprint density at radius 3 is 2.40 bits per heavy atom.